The van der Waals surface area contributed by atoms with Gasteiger partial charge in [0, 0.05) is 31.3 Å². The maximum atomic E-state index is 5.81. The Kier molecular flexibility index (Phi) is 2.64. The molecule has 0 aliphatic rings. The van der Waals surface area contributed by atoms with Gasteiger partial charge >= 0.3 is 0 Å². The Labute approximate surface area is 92.5 Å². The lowest BCUT2D eigenvalue weighted by molar-refractivity contribution is 0.788. The van der Waals surface area contributed by atoms with Crippen LogP contribution in [0.15, 0.2) is 34.8 Å². The topological polar surface area (TPSA) is 56.7 Å². The molecule has 0 amide bonds. The minimum atomic E-state index is 0.765. The Bertz CT molecular complexity index is 478. The predicted molar refractivity (Wildman–Crippen MR) is 60.7 cm³/mol. The summed E-state index contributed by atoms with van der Waals surface area (Å²) in [5.74, 6) is 0. The van der Waals surface area contributed by atoms with Crippen molar-refractivity contribution in [3.05, 3.63) is 30.2 Å². The maximum Gasteiger partial charge on any atom is 0.174 e. The molecule has 0 aromatic carbocycles. The standard InChI is InChI=1S/C10H12N4S/c1-7-6-13-9(5-8(7)11)15-10-12-3-4-14(10)2/h3-6H,1-2H3,(H2,11,13). The van der Waals surface area contributed by atoms with Gasteiger partial charge in [-0.05, 0) is 30.3 Å². The summed E-state index contributed by atoms with van der Waals surface area (Å²) in [6.07, 6.45) is 5.44. The van der Waals surface area contributed by atoms with Crippen molar-refractivity contribution in [1.29, 1.82) is 0 Å². The van der Waals surface area contributed by atoms with Crippen LogP contribution in [0.5, 0.6) is 0 Å². The Hall–Kier alpha value is -1.49. The van der Waals surface area contributed by atoms with Gasteiger partial charge in [-0.1, -0.05) is 0 Å². The van der Waals surface area contributed by atoms with Gasteiger partial charge in [0.15, 0.2) is 5.16 Å². The summed E-state index contributed by atoms with van der Waals surface area (Å²) in [6, 6.07) is 1.87. The van der Waals surface area contributed by atoms with Gasteiger partial charge in [0.2, 0.25) is 0 Å². The van der Waals surface area contributed by atoms with E-state index in [1.165, 1.54) is 11.8 Å². The molecule has 0 atom stereocenters. The number of aromatic nitrogens is 3. The average Bonchev–Trinajstić information content (AvgIpc) is 2.59. The van der Waals surface area contributed by atoms with Crippen molar-refractivity contribution >= 4 is 17.4 Å². The second-order valence-corrected chi connectivity index (χ2v) is 4.29. The highest BCUT2D eigenvalue weighted by Crippen LogP contribution is 2.25. The van der Waals surface area contributed by atoms with Gasteiger partial charge in [0.1, 0.15) is 5.03 Å². The lowest BCUT2D eigenvalue weighted by Crippen LogP contribution is -1.93. The Balaban J connectivity index is 2.25. The van der Waals surface area contributed by atoms with E-state index in [0.29, 0.717) is 0 Å². The molecule has 0 unspecified atom stereocenters. The highest BCUT2D eigenvalue weighted by atomic mass is 32.2. The molecule has 0 radical (unpaired) electrons. The fourth-order valence-electron chi connectivity index (χ4n) is 1.12. The van der Waals surface area contributed by atoms with Gasteiger partial charge in [-0.25, -0.2) is 9.97 Å². The van der Waals surface area contributed by atoms with Crippen molar-refractivity contribution in [3.8, 4) is 0 Å². The number of rotatable bonds is 2. The molecule has 15 heavy (non-hydrogen) atoms. The zero-order chi connectivity index (χ0) is 10.8. The molecule has 0 saturated carbocycles. The third-order valence-electron chi connectivity index (χ3n) is 2.09. The van der Waals surface area contributed by atoms with Crippen LogP contribution in [0.3, 0.4) is 0 Å². The molecule has 2 N–H and O–H groups in total. The quantitative estimate of drug-likeness (QED) is 0.839. The number of pyridine rings is 1. The summed E-state index contributed by atoms with van der Waals surface area (Å²) < 4.78 is 1.95. The van der Waals surface area contributed by atoms with Crippen LogP contribution in [-0.2, 0) is 7.05 Å². The van der Waals surface area contributed by atoms with Crippen molar-refractivity contribution in [3.63, 3.8) is 0 Å². The number of nitrogens with zero attached hydrogens (tertiary/aromatic N) is 3. The number of nitrogens with two attached hydrogens (primary N) is 1. The van der Waals surface area contributed by atoms with E-state index >= 15 is 0 Å². The summed E-state index contributed by atoms with van der Waals surface area (Å²) in [6.45, 7) is 1.94. The van der Waals surface area contributed by atoms with Crippen LogP contribution < -0.4 is 5.73 Å². The molecular weight excluding hydrogens is 208 g/mol. The molecule has 4 nitrogen and oxygen atoms in total. The molecule has 0 fully saturated rings. The summed E-state index contributed by atoms with van der Waals surface area (Å²) in [5, 5.41) is 1.78. The Morgan fingerprint density at radius 2 is 2.20 bits per heavy atom. The maximum absolute atomic E-state index is 5.81. The molecule has 2 rings (SSSR count). The van der Waals surface area contributed by atoms with Crippen LogP contribution in [0.1, 0.15) is 5.56 Å². The summed E-state index contributed by atoms with van der Waals surface area (Å²) in [4.78, 5) is 8.49. The molecule has 2 aromatic rings. The number of anilines is 1. The number of aryl methyl sites for hydroxylation is 2. The minimum Gasteiger partial charge on any atom is -0.398 e. The summed E-state index contributed by atoms with van der Waals surface area (Å²) in [7, 11) is 1.95. The van der Waals surface area contributed by atoms with Crippen LogP contribution in [0, 0.1) is 6.92 Å². The predicted octanol–water partition coefficient (Wildman–Crippen LogP) is 1.86. The second kappa shape index (κ2) is 3.94. The molecule has 5 heteroatoms. The molecule has 0 saturated heterocycles. The molecular formula is C10H12N4S. The van der Waals surface area contributed by atoms with Gasteiger partial charge in [-0.15, -0.1) is 0 Å². The normalized spacial score (nSPS) is 10.5. The second-order valence-electron chi connectivity index (χ2n) is 3.30. The number of nitrogen functional groups attached to an aromatic ring is 1. The zero-order valence-electron chi connectivity index (χ0n) is 8.64. The van der Waals surface area contributed by atoms with Crippen molar-refractivity contribution < 1.29 is 0 Å². The van der Waals surface area contributed by atoms with E-state index in [4.69, 9.17) is 5.73 Å². The Morgan fingerprint density at radius 3 is 2.80 bits per heavy atom. The summed E-state index contributed by atoms with van der Waals surface area (Å²) >= 11 is 1.50. The molecule has 0 spiro atoms. The van der Waals surface area contributed by atoms with Crippen molar-refractivity contribution in [2.45, 2.75) is 17.1 Å². The van der Waals surface area contributed by atoms with Gasteiger partial charge < -0.3 is 10.3 Å². The first-order valence-electron chi connectivity index (χ1n) is 4.54. The van der Waals surface area contributed by atoms with Crippen LogP contribution in [0.2, 0.25) is 0 Å². The van der Waals surface area contributed by atoms with Gasteiger partial charge in [-0.2, -0.15) is 0 Å². The van der Waals surface area contributed by atoms with Crippen LogP contribution in [0.4, 0.5) is 5.69 Å². The smallest absolute Gasteiger partial charge is 0.174 e. The fourth-order valence-corrected chi connectivity index (χ4v) is 1.92. The highest BCUT2D eigenvalue weighted by molar-refractivity contribution is 7.99. The third kappa shape index (κ3) is 2.12. The van der Waals surface area contributed by atoms with E-state index in [9.17, 15) is 0 Å². The van der Waals surface area contributed by atoms with E-state index in [-0.39, 0.29) is 0 Å². The van der Waals surface area contributed by atoms with E-state index in [0.717, 1.165) is 21.4 Å². The molecule has 0 aliphatic carbocycles. The third-order valence-corrected chi connectivity index (χ3v) is 3.10. The molecule has 2 aromatic heterocycles. The molecule has 0 bridgehead atoms. The first-order valence-corrected chi connectivity index (χ1v) is 5.36. The molecule has 0 aliphatic heterocycles. The highest BCUT2D eigenvalue weighted by Gasteiger charge is 2.04. The summed E-state index contributed by atoms with van der Waals surface area (Å²) in [5.41, 5.74) is 7.57. The molecule has 2 heterocycles. The first-order chi connectivity index (χ1) is 7.16. The van der Waals surface area contributed by atoms with Gasteiger partial charge in [0.25, 0.3) is 0 Å². The van der Waals surface area contributed by atoms with Crippen LogP contribution >= 0.6 is 11.8 Å². The zero-order valence-corrected chi connectivity index (χ0v) is 9.45. The van der Waals surface area contributed by atoms with Crippen molar-refractivity contribution in [2.24, 2.45) is 7.05 Å². The number of hydrogen-bond acceptors (Lipinski definition) is 4. The van der Waals surface area contributed by atoms with E-state index in [2.05, 4.69) is 9.97 Å². The van der Waals surface area contributed by atoms with Crippen LogP contribution in [0.25, 0.3) is 0 Å². The van der Waals surface area contributed by atoms with E-state index < -0.39 is 0 Å². The molecule has 78 valence electrons. The van der Waals surface area contributed by atoms with E-state index in [1.807, 2.05) is 30.8 Å². The Morgan fingerprint density at radius 1 is 1.40 bits per heavy atom. The van der Waals surface area contributed by atoms with E-state index in [1.54, 1.807) is 12.4 Å². The van der Waals surface area contributed by atoms with Gasteiger partial charge in [-0.3, -0.25) is 0 Å². The monoisotopic (exact) mass is 220 g/mol. The lowest BCUT2D eigenvalue weighted by Gasteiger charge is -2.03. The minimum absolute atomic E-state index is 0.765. The largest absolute Gasteiger partial charge is 0.398 e. The number of hydrogen-bond donors (Lipinski definition) is 1. The average molecular weight is 220 g/mol. The van der Waals surface area contributed by atoms with Crippen molar-refractivity contribution in [1.82, 2.24) is 14.5 Å². The van der Waals surface area contributed by atoms with Crippen LogP contribution in [-0.4, -0.2) is 14.5 Å². The number of imidazole rings is 1. The SMILES string of the molecule is Cc1cnc(Sc2nccn2C)cc1N. The fraction of sp³-hybridized carbons (Fsp3) is 0.200. The lowest BCUT2D eigenvalue weighted by atomic mass is 10.3. The van der Waals surface area contributed by atoms with Crippen molar-refractivity contribution in [2.75, 3.05) is 5.73 Å². The first kappa shape index (κ1) is 10.0. The van der Waals surface area contributed by atoms with Gasteiger partial charge in [0.05, 0.1) is 0 Å².